The summed E-state index contributed by atoms with van der Waals surface area (Å²) in [5.41, 5.74) is 1.78. The molecule has 0 bridgehead atoms. The summed E-state index contributed by atoms with van der Waals surface area (Å²) in [4.78, 5) is 0. The van der Waals surface area contributed by atoms with Gasteiger partial charge in [0.05, 0.1) is 0 Å². The fraction of sp³-hybridized carbons (Fsp3) is 0.261. The second kappa shape index (κ2) is 9.98. The third-order valence-electron chi connectivity index (χ3n) is 5.11. The molecule has 4 aromatic rings. The molecular formula is C23H23Cl2N5O. The van der Waals surface area contributed by atoms with Crippen molar-refractivity contribution in [3.8, 4) is 5.75 Å². The summed E-state index contributed by atoms with van der Waals surface area (Å²) < 4.78 is 7.98. The molecule has 0 aliphatic carbocycles. The first kappa shape index (κ1) is 21.4. The summed E-state index contributed by atoms with van der Waals surface area (Å²) in [6.45, 7) is 3.70. The van der Waals surface area contributed by atoms with E-state index in [1.54, 1.807) is 4.68 Å². The molecule has 4 rings (SSSR count). The fourth-order valence-electron chi connectivity index (χ4n) is 3.41. The van der Waals surface area contributed by atoms with E-state index >= 15 is 0 Å². The number of hydrogen-bond acceptors (Lipinski definition) is 5. The lowest BCUT2D eigenvalue weighted by atomic mass is 10.0. The number of rotatable bonds is 9. The second-order valence-corrected chi connectivity index (χ2v) is 8.00. The molecule has 6 nitrogen and oxygen atoms in total. The molecule has 0 aliphatic rings. The van der Waals surface area contributed by atoms with Gasteiger partial charge in [0.25, 0.3) is 0 Å². The van der Waals surface area contributed by atoms with E-state index < -0.39 is 0 Å². The van der Waals surface area contributed by atoms with E-state index in [4.69, 9.17) is 27.9 Å². The van der Waals surface area contributed by atoms with Crippen LogP contribution in [0.1, 0.15) is 30.9 Å². The Hall–Kier alpha value is -2.83. The Labute approximate surface area is 191 Å². The minimum absolute atomic E-state index is 0.276. The summed E-state index contributed by atoms with van der Waals surface area (Å²) in [6.07, 6.45) is 2.09. The lowest BCUT2D eigenvalue weighted by Crippen LogP contribution is -2.10. The standard InChI is InChI=1S/C23H23Cl2N5O/c1-2-3-13-30-23(27-28-29-30)26-14-18-17-8-5-4-7-16(17)11-12-22(18)31-15-19-20(24)9-6-10-21(19)25/h4-12H,2-3,13-15H2,1H3,(H,26,27,29). The van der Waals surface area contributed by atoms with Gasteiger partial charge in [-0.2, -0.15) is 0 Å². The molecule has 1 heterocycles. The minimum Gasteiger partial charge on any atom is -0.488 e. The number of halogens is 2. The monoisotopic (exact) mass is 455 g/mol. The van der Waals surface area contributed by atoms with Crippen molar-refractivity contribution in [3.05, 3.63) is 75.8 Å². The van der Waals surface area contributed by atoms with Gasteiger partial charge in [0.15, 0.2) is 0 Å². The van der Waals surface area contributed by atoms with Crippen LogP contribution < -0.4 is 10.1 Å². The van der Waals surface area contributed by atoms with Gasteiger partial charge in [0, 0.05) is 34.3 Å². The van der Waals surface area contributed by atoms with Crippen LogP contribution >= 0.6 is 23.2 Å². The predicted octanol–water partition coefficient (Wildman–Crippen LogP) is 6.12. The summed E-state index contributed by atoms with van der Waals surface area (Å²) in [5, 5.41) is 18.8. The third kappa shape index (κ3) is 4.92. The number of hydrogen-bond donors (Lipinski definition) is 1. The van der Waals surface area contributed by atoms with Crippen LogP contribution in [0.4, 0.5) is 5.95 Å². The van der Waals surface area contributed by atoms with Crippen molar-refractivity contribution in [2.75, 3.05) is 5.32 Å². The Morgan fingerprint density at radius 3 is 2.58 bits per heavy atom. The van der Waals surface area contributed by atoms with Crippen LogP contribution in [-0.4, -0.2) is 20.2 Å². The zero-order valence-electron chi connectivity index (χ0n) is 17.2. The first-order valence-corrected chi connectivity index (χ1v) is 11.0. The summed E-state index contributed by atoms with van der Waals surface area (Å²) >= 11 is 12.6. The van der Waals surface area contributed by atoms with Gasteiger partial charge in [-0.15, -0.1) is 0 Å². The highest BCUT2D eigenvalue weighted by Crippen LogP contribution is 2.31. The second-order valence-electron chi connectivity index (χ2n) is 7.19. The van der Waals surface area contributed by atoms with E-state index in [1.165, 1.54) is 0 Å². The van der Waals surface area contributed by atoms with Crippen molar-refractivity contribution in [1.82, 2.24) is 20.2 Å². The highest BCUT2D eigenvalue weighted by molar-refractivity contribution is 6.35. The fourth-order valence-corrected chi connectivity index (χ4v) is 3.92. The van der Waals surface area contributed by atoms with Crippen molar-refractivity contribution in [2.45, 2.75) is 39.5 Å². The first-order valence-electron chi connectivity index (χ1n) is 10.2. The Balaban J connectivity index is 1.61. The van der Waals surface area contributed by atoms with Gasteiger partial charge in [-0.3, -0.25) is 0 Å². The van der Waals surface area contributed by atoms with Crippen LogP contribution in [0.3, 0.4) is 0 Å². The molecule has 160 valence electrons. The van der Waals surface area contributed by atoms with Crippen molar-refractivity contribution in [2.24, 2.45) is 0 Å². The maximum Gasteiger partial charge on any atom is 0.243 e. The predicted molar refractivity (Wildman–Crippen MR) is 125 cm³/mol. The topological polar surface area (TPSA) is 64.9 Å². The Morgan fingerprint density at radius 2 is 1.77 bits per heavy atom. The molecule has 31 heavy (non-hydrogen) atoms. The molecule has 0 atom stereocenters. The maximum absolute atomic E-state index is 6.32. The molecule has 0 amide bonds. The molecule has 0 saturated heterocycles. The van der Waals surface area contributed by atoms with Gasteiger partial charge in [0.2, 0.25) is 5.95 Å². The number of benzene rings is 3. The summed E-state index contributed by atoms with van der Waals surface area (Å²) in [6, 6.07) is 17.7. The molecule has 0 saturated carbocycles. The number of tetrazole rings is 1. The van der Waals surface area contributed by atoms with Gasteiger partial charge in [-0.05, 0) is 45.8 Å². The molecule has 1 N–H and O–H groups in total. The lowest BCUT2D eigenvalue weighted by Gasteiger charge is -2.16. The van der Waals surface area contributed by atoms with Gasteiger partial charge in [-0.25, -0.2) is 4.68 Å². The lowest BCUT2D eigenvalue weighted by molar-refractivity contribution is 0.304. The van der Waals surface area contributed by atoms with E-state index in [1.807, 2.05) is 42.5 Å². The van der Waals surface area contributed by atoms with Crippen molar-refractivity contribution in [3.63, 3.8) is 0 Å². The molecular weight excluding hydrogens is 433 g/mol. The summed E-state index contributed by atoms with van der Waals surface area (Å²) in [5.74, 6) is 1.40. The van der Waals surface area contributed by atoms with Crippen molar-refractivity contribution < 1.29 is 4.74 Å². The molecule has 0 radical (unpaired) electrons. The number of aromatic nitrogens is 4. The normalized spacial score (nSPS) is 11.1. The number of ether oxygens (including phenoxy) is 1. The quantitative estimate of drug-likeness (QED) is 0.329. The van der Waals surface area contributed by atoms with E-state index in [2.05, 4.69) is 39.9 Å². The van der Waals surface area contributed by atoms with E-state index in [0.29, 0.717) is 22.5 Å². The average Bonchev–Trinajstić information content (AvgIpc) is 3.23. The number of nitrogens with one attached hydrogen (secondary N) is 1. The highest BCUT2D eigenvalue weighted by atomic mass is 35.5. The zero-order valence-corrected chi connectivity index (χ0v) is 18.7. The van der Waals surface area contributed by atoms with Crippen LogP contribution in [0, 0.1) is 0 Å². The molecule has 1 aromatic heterocycles. The highest BCUT2D eigenvalue weighted by Gasteiger charge is 2.13. The number of anilines is 1. The Bertz CT molecular complexity index is 1160. The van der Waals surface area contributed by atoms with Crippen LogP contribution in [0.15, 0.2) is 54.6 Å². The smallest absolute Gasteiger partial charge is 0.243 e. The molecule has 0 unspecified atom stereocenters. The average molecular weight is 456 g/mol. The number of unbranched alkanes of at least 4 members (excludes halogenated alkanes) is 1. The molecule has 0 spiro atoms. The van der Waals surface area contributed by atoms with Gasteiger partial charge >= 0.3 is 0 Å². The molecule has 3 aromatic carbocycles. The Morgan fingerprint density at radius 1 is 0.968 bits per heavy atom. The Kier molecular flexibility index (Phi) is 6.89. The van der Waals surface area contributed by atoms with Crippen LogP contribution in [0.2, 0.25) is 10.0 Å². The SMILES string of the molecule is CCCCn1nnnc1NCc1c(OCc2c(Cl)cccc2Cl)ccc2ccccc12. The molecule has 0 fully saturated rings. The summed E-state index contributed by atoms with van der Waals surface area (Å²) in [7, 11) is 0. The van der Waals surface area contributed by atoms with Crippen LogP contribution in [0.5, 0.6) is 5.75 Å². The van der Waals surface area contributed by atoms with E-state index in [9.17, 15) is 0 Å². The number of nitrogens with zero attached hydrogens (tertiary/aromatic N) is 4. The van der Waals surface area contributed by atoms with Crippen LogP contribution in [0.25, 0.3) is 10.8 Å². The first-order chi connectivity index (χ1) is 15.2. The van der Waals surface area contributed by atoms with Gasteiger partial charge < -0.3 is 10.1 Å². The van der Waals surface area contributed by atoms with E-state index in [-0.39, 0.29) is 6.61 Å². The van der Waals surface area contributed by atoms with Gasteiger partial charge in [-0.1, -0.05) is 78.0 Å². The molecule has 0 aliphatic heterocycles. The van der Waals surface area contributed by atoms with Gasteiger partial charge in [0.1, 0.15) is 12.4 Å². The van der Waals surface area contributed by atoms with Crippen molar-refractivity contribution in [1.29, 1.82) is 0 Å². The van der Waals surface area contributed by atoms with Crippen molar-refractivity contribution >= 4 is 39.9 Å². The maximum atomic E-state index is 6.32. The molecule has 8 heteroatoms. The number of fused-ring (bicyclic) bond motifs is 1. The number of aryl methyl sites for hydroxylation is 1. The zero-order chi connectivity index (χ0) is 21.6. The third-order valence-corrected chi connectivity index (χ3v) is 5.82. The largest absolute Gasteiger partial charge is 0.488 e. The van der Waals surface area contributed by atoms with E-state index in [0.717, 1.165) is 47.0 Å². The van der Waals surface area contributed by atoms with Crippen LogP contribution in [-0.2, 0) is 19.7 Å². The minimum atomic E-state index is 0.276.